The van der Waals surface area contributed by atoms with E-state index in [1.165, 1.54) is 0 Å². The van der Waals surface area contributed by atoms with Gasteiger partial charge in [0, 0.05) is 17.6 Å². The molecular formula is C34H36N2O8S. The Morgan fingerprint density at radius 2 is 1.38 bits per heavy atom. The third-order valence-electron chi connectivity index (χ3n) is 6.68. The fourth-order valence-corrected chi connectivity index (χ4v) is 5.49. The Balaban J connectivity index is 1.71. The van der Waals surface area contributed by atoms with Crippen LogP contribution in [0.3, 0.4) is 0 Å². The Bertz CT molecular complexity index is 1730. The zero-order valence-electron chi connectivity index (χ0n) is 26.1. The van der Waals surface area contributed by atoms with Crippen LogP contribution in [-0.4, -0.2) is 57.1 Å². The van der Waals surface area contributed by atoms with Crippen LogP contribution >= 0.6 is 11.7 Å². The van der Waals surface area contributed by atoms with Crippen molar-refractivity contribution in [3.63, 3.8) is 0 Å². The number of carbonyl (C=O) groups is 2. The molecule has 0 aliphatic carbocycles. The quantitative estimate of drug-likeness (QED) is 0.132. The van der Waals surface area contributed by atoms with Gasteiger partial charge in [-0.1, -0.05) is 6.07 Å². The second-order valence-corrected chi connectivity index (χ2v) is 11.9. The minimum Gasteiger partial charge on any atom is -0.487 e. The molecule has 11 heteroatoms. The van der Waals surface area contributed by atoms with E-state index in [1.807, 2.05) is 41.5 Å². The lowest BCUT2D eigenvalue weighted by atomic mass is 9.89. The first-order valence-corrected chi connectivity index (χ1v) is 15.5. The van der Waals surface area contributed by atoms with E-state index < -0.39 is 11.8 Å². The van der Waals surface area contributed by atoms with Crippen LogP contribution in [0.25, 0.3) is 16.6 Å². The molecule has 10 nitrogen and oxygen atoms in total. The Hall–Kier alpha value is -4.64. The van der Waals surface area contributed by atoms with Gasteiger partial charge in [-0.05, 0) is 95.1 Å². The number of fused-ring (bicyclic) bond motifs is 2. The van der Waals surface area contributed by atoms with E-state index in [-0.39, 0.29) is 41.4 Å². The smallest absolute Gasteiger partial charge is 0.336 e. The van der Waals surface area contributed by atoms with Crippen molar-refractivity contribution in [3.05, 3.63) is 70.8 Å². The maximum Gasteiger partial charge on any atom is 0.336 e. The summed E-state index contributed by atoms with van der Waals surface area (Å²) in [5.74, 6) is 0.537. The van der Waals surface area contributed by atoms with Crippen molar-refractivity contribution in [1.29, 1.82) is 0 Å². The van der Waals surface area contributed by atoms with E-state index in [2.05, 4.69) is 8.75 Å². The lowest BCUT2D eigenvalue weighted by Gasteiger charge is -2.23. The largest absolute Gasteiger partial charge is 0.487 e. The molecule has 0 amide bonds. The van der Waals surface area contributed by atoms with Crippen molar-refractivity contribution in [2.45, 2.75) is 66.3 Å². The highest BCUT2D eigenvalue weighted by Gasteiger charge is 2.27. The Morgan fingerprint density at radius 1 is 0.778 bits per heavy atom. The summed E-state index contributed by atoms with van der Waals surface area (Å²) in [6, 6.07) is 13.4. The van der Waals surface area contributed by atoms with Crippen LogP contribution in [0, 0.1) is 0 Å². The van der Waals surface area contributed by atoms with Crippen molar-refractivity contribution in [2.75, 3.05) is 13.2 Å². The summed E-state index contributed by atoms with van der Waals surface area (Å²) in [6.07, 6.45) is -0.596. The molecule has 1 aliphatic heterocycles. The van der Waals surface area contributed by atoms with Crippen molar-refractivity contribution < 1.29 is 38.4 Å². The van der Waals surface area contributed by atoms with Crippen LogP contribution in [-0.2, 0) is 11.2 Å². The fourth-order valence-electron chi connectivity index (χ4n) is 4.98. The van der Waals surface area contributed by atoms with E-state index >= 15 is 0 Å². The number of nitrogens with zero attached hydrogens (tertiary/aromatic N) is 2. The molecule has 236 valence electrons. The maximum atomic E-state index is 14.4. The lowest BCUT2D eigenvalue weighted by Crippen LogP contribution is -2.18. The molecule has 3 aromatic carbocycles. The second-order valence-electron chi connectivity index (χ2n) is 11.4. The summed E-state index contributed by atoms with van der Waals surface area (Å²) in [7, 11) is 0. The monoisotopic (exact) mass is 632 g/mol. The van der Waals surface area contributed by atoms with Gasteiger partial charge in [0.15, 0.2) is 28.8 Å². The lowest BCUT2D eigenvalue weighted by molar-refractivity contribution is -0.130. The number of aliphatic carboxylic acids is 1. The molecule has 1 aliphatic rings. The van der Waals surface area contributed by atoms with Gasteiger partial charge in [-0.15, -0.1) is 0 Å². The van der Waals surface area contributed by atoms with Crippen molar-refractivity contribution in [1.82, 2.24) is 8.75 Å². The number of hydrogen-bond acceptors (Lipinski definition) is 10. The third-order valence-corrected chi connectivity index (χ3v) is 7.23. The van der Waals surface area contributed by atoms with Crippen LogP contribution in [0.4, 0.5) is 0 Å². The molecule has 0 unspecified atom stereocenters. The Labute approximate surface area is 265 Å². The summed E-state index contributed by atoms with van der Waals surface area (Å²) in [4.78, 5) is 27.4. The fraction of sp³-hybridized carbons (Fsp3) is 0.353. The Morgan fingerprint density at radius 3 is 2.00 bits per heavy atom. The van der Waals surface area contributed by atoms with E-state index in [0.29, 0.717) is 64.1 Å². The number of hydrogen-bond donors (Lipinski definition) is 1. The van der Waals surface area contributed by atoms with E-state index in [1.54, 1.807) is 48.5 Å². The van der Waals surface area contributed by atoms with Gasteiger partial charge in [0.1, 0.15) is 24.2 Å². The SMILES string of the molecule is CC(C)Oc1cc(C/C(C(=O)c2ccc3c(c2)OCCO3)=C(\C(=O)O)c2ccc3nsnc3c2)cc(OC(C)C)c1OC(C)C. The summed E-state index contributed by atoms with van der Waals surface area (Å²) < 4.78 is 38.3. The molecule has 2 heterocycles. The molecule has 0 radical (unpaired) electrons. The molecule has 45 heavy (non-hydrogen) atoms. The zero-order valence-corrected chi connectivity index (χ0v) is 26.9. The summed E-state index contributed by atoms with van der Waals surface area (Å²) in [5, 5.41) is 10.6. The molecule has 0 bridgehead atoms. The Kier molecular flexibility index (Phi) is 9.57. The molecule has 5 rings (SSSR count). The van der Waals surface area contributed by atoms with Gasteiger partial charge >= 0.3 is 5.97 Å². The highest BCUT2D eigenvalue weighted by molar-refractivity contribution is 7.00. The summed E-state index contributed by atoms with van der Waals surface area (Å²) in [5.41, 5.74) is 2.29. The van der Waals surface area contributed by atoms with Gasteiger partial charge in [0.05, 0.1) is 35.6 Å². The van der Waals surface area contributed by atoms with Crippen LogP contribution in [0.2, 0.25) is 0 Å². The average molecular weight is 633 g/mol. The van der Waals surface area contributed by atoms with E-state index in [4.69, 9.17) is 23.7 Å². The number of benzene rings is 3. The van der Waals surface area contributed by atoms with Crippen molar-refractivity contribution in [2.24, 2.45) is 0 Å². The first-order chi connectivity index (χ1) is 21.5. The number of carboxylic acid groups (broad SMARTS) is 1. The molecule has 0 fully saturated rings. The van der Waals surface area contributed by atoms with Crippen LogP contribution in [0.5, 0.6) is 28.7 Å². The highest BCUT2D eigenvalue weighted by Crippen LogP contribution is 2.42. The van der Waals surface area contributed by atoms with Gasteiger partial charge in [-0.2, -0.15) is 8.75 Å². The predicted octanol–water partition coefficient (Wildman–Crippen LogP) is 6.79. The third kappa shape index (κ3) is 7.37. The molecular weight excluding hydrogens is 596 g/mol. The van der Waals surface area contributed by atoms with Gasteiger partial charge in [-0.3, -0.25) is 4.79 Å². The van der Waals surface area contributed by atoms with Crippen molar-refractivity contribution in [3.8, 4) is 28.7 Å². The van der Waals surface area contributed by atoms with Crippen LogP contribution in [0.15, 0.2) is 54.1 Å². The minimum absolute atomic E-state index is 0.0485. The normalized spacial score (nSPS) is 13.3. The van der Waals surface area contributed by atoms with Crippen LogP contribution in [0.1, 0.15) is 63.0 Å². The number of carboxylic acids is 1. The summed E-state index contributed by atoms with van der Waals surface area (Å²) in [6.45, 7) is 12.2. The van der Waals surface area contributed by atoms with Gasteiger partial charge in [-0.25, -0.2) is 4.79 Å². The molecule has 0 saturated carbocycles. The molecule has 0 spiro atoms. The number of aromatic nitrogens is 2. The molecule has 1 N–H and O–H groups in total. The number of Topliss-reactive ketones (excluding diaryl/α,β-unsaturated/α-hetero) is 1. The maximum absolute atomic E-state index is 14.4. The first-order valence-electron chi connectivity index (χ1n) is 14.8. The number of carbonyl (C=O) groups excluding carboxylic acids is 1. The van der Waals surface area contributed by atoms with Gasteiger partial charge in [0.25, 0.3) is 0 Å². The predicted molar refractivity (Wildman–Crippen MR) is 171 cm³/mol. The first kappa shape index (κ1) is 31.8. The topological polar surface area (TPSA) is 126 Å². The van der Waals surface area contributed by atoms with Crippen LogP contribution < -0.4 is 23.7 Å². The average Bonchev–Trinajstić information content (AvgIpc) is 3.45. The zero-order chi connectivity index (χ0) is 32.2. The minimum atomic E-state index is -1.25. The second kappa shape index (κ2) is 13.6. The highest BCUT2D eigenvalue weighted by atomic mass is 32.1. The number of rotatable bonds is 12. The molecule has 1 aromatic heterocycles. The van der Waals surface area contributed by atoms with Gasteiger partial charge in [0.2, 0.25) is 5.75 Å². The standard InChI is InChI=1S/C34H36N2O8S/c1-18(2)42-29-14-21(15-30(43-19(3)4)33(29)44-20(5)6)13-24(32(37)23-8-10-27-28(17-23)41-12-11-40-27)31(34(38)39)22-7-9-25-26(16-22)36-45-35-25/h7-10,14-20H,11-13H2,1-6H3,(H,38,39)/b31-24+. The molecule has 0 atom stereocenters. The van der Waals surface area contributed by atoms with E-state index in [0.717, 1.165) is 11.7 Å². The number of ketones is 1. The number of allylic oxidation sites excluding steroid dienone is 1. The van der Waals surface area contributed by atoms with Gasteiger partial charge < -0.3 is 28.8 Å². The van der Waals surface area contributed by atoms with Crippen molar-refractivity contribution >= 4 is 40.1 Å². The molecule has 4 aromatic rings. The number of ether oxygens (including phenoxy) is 5. The summed E-state index contributed by atoms with van der Waals surface area (Å²) >= 11 is 1.03. The molecule has 0 saturated heterocycles. The van der Waals surface area contributed by atoms with E-state index in [9.17, 15) is 14.7 Å².